The molecule has 2 amide bonds. The van der Waals surface area contributed by atoms with E-state index < -0.39 is 0 Å². The van der Waals surface area contributed by atoms with Crippen LogP contribution < -0.4 is 11.1 Å². The van der Waals surface area contributed by atoms with Crippen LogP contribution in [0.2, 0.25) is 0 Å². The number of nitrogens with two attached hydrogens (primary N) is 1. The highest BCUT2D eigenvalue weighted by atomic mass is 16.2. The summed E-state index contributed by atoms with van der Waals surface area (Å²) in [5.74, 6) is 0.358. The van der Waals surface area contributed by atoms with Crippen LogP contribution in [0, 0.1) is 5.92 Å². The predicted octanol–water partition coefficient (Wildman–Crippen LogP) is 2.59. The molecule has 0 aliphatic carbocycles. The fraction of sp³-hybridized carbons (Fsp3) is 0.409. The van der Waals surface area contributed by atoms with Crippen LogP contribution in [0.3, 0.4) is 0 Å². The monoisotopic (exact) mass is 380 g/mol. The van der Waals surface area contributed by atoms with Crippen molar-refractivity contribution in [3.8, 4) is 11.1 Å². The van der Waals surface area contributed by atoms with E-state index >= 15 is 0 Å². The summed E-state index contributed by atoms with van der Waals surface area (Å²) >= 11 is 0. The highest BCUT2D eigenvalue weighted by Gasteiger charge is 2.26. The first-order chi connectivity index (χ1) is 13.6. The number of likely N-dealkylation sites (tertiary alicyclic amines) is 1. The molecule has 0 saturated carbocycles. The molecule has 0 radical (unpaired) electrons. The van der Waals surface area contributed by atoms with Gasteiger partial charge in [-0.25, -0.2) is 0 Å². The number of aromatic nitrogens is 1. The topological polar surface area (TPSA) is 88.3 Å². The Kier molecular flexibility index (Phi) is 6.76. The molecule has 3 N–H and O–H groups in total. The molecule has 1 fully saturated rings. The van der Waals surface area contributed by atoms with Crippen LogP contribution in [-0.2, 0) is 11.3 Å². The lowest BCUT2D eigenvalue weighted by Gasteiger charge is -2.33. The van der Waals surface area contributed by atoms with Crippen molar-refractivity contribution in [2.24, 2.45) is 11.7 Å². The molecular formula is C22H28N4O2. The van der Waals surface area contributed by atoms with Crippen LogP contribution >= 0.6 is 0 Å². The number of nitrogens with one attached hydrogen (secondary N) is 1. The zero-order chi connectivity index (χ0) is 19.9. The minimum atomic E-state index is -0.0296. The maximum absolute atomic E-state index is 13.2. The van der Waals surface area contributed by atoms with Gasteiger partial charge in [-0.3, -0.25) is 14.6 Å². The van der Waals surface area contributed by atoms with Gasteiger partial charge >= 0.3 is 0 Å². The van der Waals surface area contributed by atoms with Gasteiger partial charge in [0.15, 0.2) is 0 Å². The SMILES string of the molecule is CC(=O)NCCC1CCCN(C(=O)c2ncccc2-c2cccc(CN)c2)C1. The summed E-state index contributed by atoms with van der Waals surface area (Å²) in [6, 6.07) is 11.7. The lowest BCUT2D eigenvalue weighted by Crippen LogP contribution is -2.41. The van der Waals surface area contributed by atoms with Gasteiger partial charge in [-0.05, 0) is 48.4 Å². The number of rotatable bonds is 6. The van der Waals surface area contributed by atoms with E-state index in [0.717, 1.165) is 42.5 Å². The molecule has 6 nitrogen and oxygen atoms in total. The second-order valence-electron chi connectivity index (χ2n) is 7.34. The largest absolute Gasteiger partial charge is 0.356 e. The molecule has 1 unspecified atom stereocenters. The van der Waals surface area contributed by atoms with Crippen molar-refractivity contribution in [1.82, 2.24) is 15.2 Å². The fourth-order valence-electron chi connectivity index (χ4n) is 3.76. The molecule has 2 heterocycles. The molecular weight excluding hydrogens is 352 g/mol. The normalized spacial score (nSPS) is 16.6. The van der Waals surface area contributed by atoms with Gasteiger partial charge in [0, 0.05) is 44.9 Å². The van der Waals surface area contributed by atoms with Gasteiger partial charge in [-0.15, -0.1) is 0 Å². The van der Waals surface area contributed by atoms with Gasteiger partial charge < -0.3 is 16.0 Å². The predicted molar refractivity (Wildman–Crippen MR) is 109 cm³/mol. The maximum Gasteiger partial charge on any atom is 0.273 e. The van der Waals surface area contributed by atoms with Crippen molar-refractivity contribution < 1.29 is 9.59 Å². The van der Waals surface area contributed by atoms with Crippen LogP contribution in [0.1, 0.15) is 42.2 Å². The van der Waals surface area contributed by atoms with E-state index in [4.69, 9.17) is 5.73 Å². The zero-order valence-corrected chi connectivity index (χ0v) is 16.4. The summed E-state index contributed by atoms with van der Waals surface area (Å²) in [4.78, 5) is 30.6. The summed E-state index contributed by atoms with van der Waals surface area (Å²) in [6.45, 7) is 4.09. The Morgan fingerprint density at radius 1 is 1.29 bits per heavy atom. The number of carbonyl (C=O) groups is 2. The van der Waals surface area contributed by atoms with Crippen LogP contribution in [0.4, 0.5) is 0 Å². The molecule has 1 aromatic heterocycles. The average Bonchev–Trinajstić information content (AvgIpc) is 2.73. The number of carbonyl (C=O) groups excluding carboxylic acids is 2. The van der Waals surface area contributed by atoms with Crippen LogP contribution in [0.5, 0.6) is 0 Å². The molecule has 6 heteroatoms. The number of amides is 2. The Labute approximate surface area is 166 Å². The number of nitrogens with zero attached hydrogens (tertiary/aromatic N) is 2. The highest BCUT2D eigenvalue weighted by Crippen LogP contribution is 2.26. The van der Waals surface area contributed by atoms with E-state index in [1.165, 1.54) is 6.92 Å². The zero-order valence-electron chi connectivity index (χ0n) is 16.4. The second kappa shape index (κ2) is 9.46. The third-order valence-electron chi connectivity index (χ3n) is 5.22. The standard InChI is InChI=1S/C22H28N4O2/c1-16(27)24-11-9-17-6-4-12-26(15-17)22(28)21-20(8-3-10-25-21)19-7-2-5-18(13-19)14-23/h2-3,5,7-8,10,13,17H,4,6,9,11-12,14-15,23H2,1H3,(H,24,27). The van der Waals surface area contributed by atoms with Crippen LogP contribution in [0.25, 0.3) is 11.1 Å². The van der Waals surface area contributed by atoms with Crippen molar-refractivity contribution in [3.05, 3.63) is 53.9 Å². The number of piperidine rings is 1. The highest BCUT2D eigenvalue weighted by molar-refractivity contribution is 5.99. The van der Waals surface area contributed by atoms with Crippen molar-refractivity contribution in [1.29, 1.82) is 0 Å². The Bertz CT molecular complexity index is 837. The summed E-state index contributed by atoms with van der Waals surface area (Å²) in [6.07, 6.45) is 4.61. The smallest absolute Gasteiger partial charge is 0.273 e. The van der Waals surface area contributed by atoms with Gasteiger partial charge in [-0.2, -0.15) is 0 Å². The summed E-state index contributed by atoms with van der Waals surface area (Å²) in [5, 5.41) is 2.85. The summed E-state index contributed by atoms with van der Waals surface area (Å²) in [5.41, 5.74) is 9.07. The average molecular weight is 380 g/mol. The molecule has 0 bridgehead atoms. The number of hydrogen-bond acceptors (Lipinski definition) is 4. The Morgan fingerprint density at radius 3 is 2.93 bits per heavy atom. The molecule has 1 aliphatic rings. The quantitative estimate of drug-likeness (QED) is 0.806. The molecule has 1 saturated heterocycles. The minimum absolute atomic E-state index is 0.0124. The van der Waals surface area contributed by atoms with E-state index in [9.17, 15) is 9.59 Å². The van der Waals surface area contributed by atoms with Crippen molar-refractivity contribution in [2.45, 2.75) is 32.7 Å². The van der Waals surface area contributed by atoms with Gasteiger partial charge in [0.05, 0.1) is 0 Å². The lowest BCUT2D eigenvalue weighted by atomic mass is 9.94. The van der Waals surface area contributed by atoms with E-state index in [2.05, 4.69) is 10.3 Å². The molecule has 148 valence electrons. The summed E-state index contributed by atoms with van der Waals surface area (Å²) < 4.78 is 0. The molecule has 3 rings (SSSR count). The molecule has 1 aliphatic heterocycles. The van der Waals surface area contributed by atoms with Crippen molar-refractivity contribution >= 4 is 11.8 Å². The first-order valence-corrected chi connectivity index (χ1v) is 9.86. The van der Waals surface area contributed by atoms with Crippen LogP contribution in [0.15, 0.2) is 42.6 Å². The third kappa shape index (κ3) is 4.95. The van der Waals surface area contributed by atoms with Crippen molar-refractivity contribution in [2.75, 3.05) is 19.6 Å². The minimum Gasteiger partial charge on any atom is -0.356 e. The molecule has 2 aromatic rings. The van der Waals surface area contributed by atoms with Crippen LogP contribution in [-0.4, -0.2) is 41.3 Å². The van der Waals surface area contributed by atoms with Gasteiger partial charge in [0.25, 0.3) is 5.91 Å². The van der Waals surface area contributed by atoms with E-state index in [1.807, 2.05) is 41.3 Å². The Balaban J connectivity index is 1.76. The van der Waals surface area contributed by atoms with Gasteiger partial charge in [0.2, 0.25) is 5.91 Å². The van der Waals surface area contributed by atoms with E-state index in [0.29, 0.717) is 31.2 Å². The van der Waals surface area contributed by atoms with Gasteiger partial charge in [0.1, 0.15) is 5.69 Å². The fourth-order valence-corrected chi connectivity index (χ4v) is 3.76. The number of hydrogen-bond donors (Lipinski definition) is 2. The molecule has 28 heavy (non-hydrogen) atoms. The van der Waals surface area contributed by atoms with E-state index in [-0.39, 0.29) is 11.8 Å². The molecule has 1 aromatic carbocycles. The third-order valence-corrected chi connectivity index (χ3v) is 5.22. The van der Waals surface area contributed by atoms with Crippen molar-refractivity contribution in [3.63, 3.8) is 0 Å². The molecule has 1 atom stereocenters. The Hall–Kier alpha value is -2.73. The Morgan fingerprint density at radius 2 is 2.14 bits per heavy atom. The number of benzene rings is 1. The number of pyridine rings is 1. The summed E-state index contributed by atoms with van der Waals surface area (Å²) in [7, 11) is 0. The lowest BCUT2D eigenvalue weighted by molar-refractivity contribution is -0.119. The maximum atomic E-state index is 13.2. The van der Waals surface area contributed by atoms with Gasteiger partial charge in [-0.1, -0.05) is 24.3 Å². The molecule has 0 spiro atoms. The second-order valence-corrected chi connectivity index (χ2v) is 7.34. The van der Waals surface area contributed by atoms with E-state index in [1.54, 1.807) is 6.20 Å². The first-order valence-electron chi connectivity index (χ1n) is 9.86. The first kappa shape index (κ1) is 20.0.